The number of urea groups is 1. The number of nitrogens with one attached hydrogen (secondary N) is 1. The number of likely N-dealkylation sites (tertiary alicyclic amines) is 2. The number of hydrogen-bond acceptors (Lipinski definition) is 4. The SMILES string of the molecule is CCOC(=O)N1CCC(N2CCC3(CC[C@@H](NC(=O)N(C)C)c4ccccc43)CC2)CC1.[HH].[HH]. The molecule has 7 heteroatoms. The van der Waals surface area contributed by atoms with E-state index in [4.69, 9.17) is 4.74 Å². The molecule has 1 aromatic rings. The predicted octanol–water partition coefficient (Wildman–Crippen LogP) is 4.24. The van der Waals surface area contributed by atoms with Crippen molar-refractivity contribution < 1.29 is 17.2 Å². The molecule has 1 aliphatic carbocycles. The van der Waals surface area contributed by atoms with Gasteiger partial charge in [-0.25, -0.2) is 9.59 Å². The van der Waals surface area contributed by atoms with Gasteiger partial charge in [0.1, 0.15) is 0 Å². The van der Waals surface area contributed by atoms with Crippen LogP contribution in [0.2, 0.25) is 0 Å². The van der Waals surface area contributed by atoms with Crippen molar-refractivity contribution >= 4 is 12.1 Å². The van der Waals surface area contributed by atoms with Gasteiger partial charge in [-0.15, -0.1) is 0 Å². The minimum absolute atomic E-state index is 0. The Balaban J connectivity index is 0.00000204. The molecule has 4 rings (SSSR count). The van der Waals surface area contributed by atoms with E-state index >= 15 is 0 Å². The highest BCUT2D eigenvalue weighted by atomic mass is 16.6. The van der Waals surface area contributed by atoms with Gasteiger partial charge in [0.15, 0.2) is 0 Å². The molecular weight excluding hydrogens is 404 g/mol. The van der Waals surface area contributed by atoms with Crippen LogP contribution in [-0.4, -0.2) is 79.7 Å². The Labute approximate surface area is 195 Å². The van der Waals surface area contributed by atoms with Gasteiger partial charge in [0.2, 0.25) is 0 Å². The molecule has 1 atom stereocenters. The molecule has 2 saturated heterocycles. The summed E-state index contributed by atoms with van der Waals surface area (Å²) in [6.07, 6.45) is 6.33. The predicted molar refractivity (Wildman–Crippen MR) is 129 cm³/mol. The van der Waals surface area contributed by atoms with E-state index in [1.807, 2.05) is 11.8 Å². The van der Waals surface area contributed by atoms with E-state index in [9.17, 15) is 9.59 Å². The Morgan fingerprint density at radius 3 is 2.44 bits per heavy atom. The van der Waals surface area contributed by atoms with Crippen molar-refractivity contribution in [2.24, 2.45) is 0 Å². The summed E-state index contributed by atoms with van der Waals surface area (Å²) in [5.74, 6) is 0. The quantitative estimate of drug-likeness (QED) is 0.754. The van der Waals surface area contributed by atoms with Crippen LogP contribution in [0.1, 0.15) is 65.5 Å². The van der Waals surface area contributed by atoms with Crippen molar-refractivity contribution in [3.05, 3.63) is 35.4 Å². The zero-order chi connectivity index (χ0) is 22.7. The summed E-state index contributed by atoms with van der Waals surface area (Å²) < 4.78 is 5.16. The first kappa shape index (κ1) is 22.9. The molecule has 2 heterocycles. The number of carbonyl (C=O) groups excluding carboxylic acids is 2. The molecule has 0 unspecified atom stereocenters. The van der Waals surface area contributed by atoms with Crippen molar-refractivity contribution in [1.82, 2.24) is 20.0 Å². The second-order valence-electron chi connectivity index (χ2n) is 9.76. The van der Waals surface area contributed by atoms with Gasteiger partial charge in [-0.05, 0) is 75.1 Å². The number of ether oxygens (including phenoxy) is 1. The maximum Gasteiger partial charge on any atom is 0.409 e. The maximum absolute atomic E-state index is 12.3. The summed E-state index contributed by atoms with van der Waals surface area (Å²) in [6.45, 7) is 6.09. The Kier molecular flexibility index (Phi) is 6.93. The fourth-order valence-electron chi connectivity index (χ4n) is 5.89. The minimum Gasteiger partial charge on any atom is -0.450 e. The molecule has 180 valence electrons. The highest BCUT2D eigenvalue weighted by molar-refractivity contribution is 5.74. The molecule has 2 fully saturated rings. The normalized spacial score (nSPS) is 23.5. The van der Waals surface area contributed by atoms with Crippen molar-refractivity contribution in [2.45, 2.75) is 62.9 Å². The summed E-state index contributed by atoms with van der Waals surface area (Å²) in [5, 5.41) is 3.21. The van der Waals surface area contributed by atoms with E-state index in [1.165, 1.54) is 11.1 Å². The topological polar surface area (TPSA) is 65.1 Å². The Morgan fingerprint density at radius 1 is 1.09 bits per heavy atom. The maximum atomic E-state index is 12.3. The highest BCUT2D eigenvalue weighted by Crippen LogP contribution is 2.48. The minimum atomic E-state index is -0.168. The first-order valence-corrected chi connectivity index (χ1v) is 12.2. The van der Waals surface area contributed by atoms with Crippen LogP contribution in [0.5, 0.6) is 0 Å². The monoisotopic (exact) mass is 446 g/mol. The Hall–Kier alpha value is -2.28. The molecule has 3 aliphatic rings. The molecule has 0 radical (unpaired) electrons. The second-order valence-corrected chi connectivity index (χ2v) is 9.76. The van der Waals surface area contributed by atoms with Crippen molar-refractivity contribution in [3.63, 3.8) is 0 Å². The molecule has 1 spiro atoms. The fraction of sp³-hybridized carbons (Fsp3) is 0.680. The number of nitrogens with zero attached hydrogens (tertiary/aromatic N) is 3. The zero-order valence-corrected chi connectivity index (χ0v) is 19.8. The lowest BCUT2D eigenvalue weighted by Crippen LogP contribution is -2.52. The fourth-order valence-corrected chi connectivity index (χ4v) is 5.89. The van der Waals surface area contributed by atoms with E-state index in [2.05, 4.69) is 34.5 Å². The number of piperidine rings is 2. The van der Waals surface area contributed by atoms with Gasteiger partial charge < -0.3 is 24.8 Å². The lowest BCUT2D eigenvalue weighted by molar-refractivity contribution is 0.0523. The second kappa shape index (κ2) is 9.69. The van der Waals surface area contributed by atoms with Gasteiger partial charge in [-0.2, -0.15) is 0 Å². The van der Waals surface area contributed by atoms with Crippen molar-refractivity contribution in [1.29, 1.82) is 0 Å². The molecule has 1 N–H and O–H groups in total. The molecule has 32 heavy (non-hydrogen) atoms. The summed E-state index contributed by atoms with van der Waals surface area (Å²) in [5.41, 5.74) is 2.95. The third kappa shape index (κ3) is 4.58. The zero-order valence-electron chi connectivity index (χ0n) is 19.8. The number of benzene rings is 1. The first-order chi connectivity index (χ1) is 15.4. The van der Waals surface area contributed by atoms with Crippen LogP contribution in [-0.2, 0) is 10.2 Å². The lowest BCUT2D eigenvalue weighted by Gasteiger charge is -2.49. The highest BCUT2D eigenvalue weighted by Gasteiger charge is 2.43. The molecule has 7 nitrogen and oxygen atoms in total. The average Bonchev–Trinajstić information content (AvgIpc) is 2.82. The summed E-state index contributed by atoms with van der Waals surface area (Å²) >= 11 is 0. The first-order valence-electron chi connectivity index (χ1n) is 12.2. The smallest absolute Gasteiger partial charge is 0.409 e. The number of hydrogen-bond donors (Lipinski definition) is 1. The van der Waals surface area contributed by atoms with Gasteiger partial charge >= 0.3 is 12.1 Å². The molecule has 2 aliphatic heterocycles. The summed E-state index contributed by atoms with van der Waals surface area (Å²) in [6, 6.07) is 9.36. The number of amides is 3. The van der Waals surface area contributed by atoms with Crippen LogP contribution in [0, 0.1) is 0 Å². The van der Waals surface area contributed by atoms with Crippen molar-refractivity contribution in [3.8, 4) is 0 Å². The van der Waals surface area contributed by atoms with Crippen LogP contribution >= 0.6 is 0 Å². The van der Waals surface area contributed by atoms with Gasteiger partial charge in [0.25, 0.3) is 0 Å². The van der Waals surface area contributed by atoms with E-state index in [-0.39, 0.29) is 26.4 Å². The number of fused-ring (bicyclic) bond motifs is 2. The van der Waals surface area contributed by atoms with Crippen LogP contribution in [0.4, 0.5) is 9.59 Å². The van der Waals surface area contributed by atoms with Crippen LogP contribution < -0.4 is 5.32 Å². The van der Waals surface area contributed by atoms with Crippen molar-refractivity contribution in [2.75, 3.05) is 46.9 Å². The van der Waals surface area contributed by atoms with E-state index in [0.717, 1.165) is 64.7 Å². The van der Waals surface area contributed by atoms with E-state index in [0.29, 0.717) is 12.6 Å². The Bertz CT molecular complexity index is 822. The number of carbonyl (C=O) groups is 2. The molecule has 0 bridgehead atoms. The van der Waals surface area contributed by atoms with Crippen LogP contribution in [0.15, 0.2) is 24.3 Å². The standard InChI is InChI=1S/C25H38N4O3.2H2/c1-4-32-24(31)29-15-10-19(11-16-29)28-17-13-25(14-18-28)12-9-22(26-23(30)27(2)3)20-7-5-6-8-21(20)25;;/h5-8,19,22H,4,9-18H2,1-3H3,(H,26,30);2*1H/t22-;;/m1../s1. The third-order valence-corrected chi connectivity index (χ3v) is 7.79. The number of rotatable bonds is 3. The van der Waals surface area contributed by atoms with Crippen LogP contribution in [0.3, 0.4) is 0 Å². The molecule has 0 aromatic heterocycles. The molecular formula is C25H42N4O3. The lowest BCUT2D eigenvalue weighted by atomic mass is 9.63. The van der Waals surface area contributed by atoms with E-state index in [1.54, 1.807) is 19.0 Å². The van der Waals surface area contributed by atoms with Gasteiger partial charge in [0, 0.05) is 36.1 Å². The third-order valence-electron chi connectivity index (χ3n) is 7.79. The Morgan fingerprint density at radius 2 is 1.78 bits per heavy atom. The van der Waals surface area contributed by atoms with Gasteiger partial charge in [-0.3, -0.25) is 0 Å². The van der Waals surface area contributed by atoms with Crippen LogP contribution in [0.25, 0.3) is 0 Å². The summed E-state index contributed by atoms with van der Waals surface area (Å²) in [7, 11) is 3.58. The van der Waals surface area contributed by atoms with E-state index < -0.39 is 0 Å². The molecule has 0 saturated carbocycles. The van der Waals surface area contributed by atoms with Gasteiger partial charge in [0.05, 0.1) is 12.6 Å². The van der Waals surface area contributed by atoms with Gasteiger partial charge in [-0.1, -0.05) is 24.3 Å². The molecule has 1 aromatic carbocycles. The molecule has 3 amide bonds. The largest absolute Gasteiger partial charge is 0.450 e. The average molecular weight is 447 g/mol. The summed E-state index contributed by atoms with van der Waals surface area (Å²) in [4.78, 5) is 30.4.